The van der Waals surface area contributed by atoms with Gasteiger partial charge in [0, 0.05) is 24.5 Å². The monoisotopic (exact) mass is 438 g/mol. The molecule has 0 aliphatic heterocycles. The Kier molecular flexibility index (Phi) is 8.00. The molecule has 0 aliphatic carbocycles. The lowest BCUT2D eigenvalue weighted by Crippen LogP contribution is -2.36. The number of para-hydroxylation sites is 1. The Hall–Kier alpha value is -2.63. The fraction of sp³-hybridized carbons (Fsp3) is 0.412. The molecule has 1 heterocycles. The minimum Gasteiger partial charge on any atom is -0.490 e. The van der Waals surface area contributed by atoms with E-state index >= 15 is 0 Å². The Bertz CT molecular complexity index is 826. The molecule has 0 saturated carbocycles. The molecule has 0 spiro atoms. The highest BCUT2D eigenvalue weighted by Gasteiger charge is 2.33. The highest BCUT2D eigenvalue weighted by Crippen LogP contribution is 2.33. The van der Waals surface area contributed by atoms with Gasteiger partial charge in [0.25, 0.3) is 0 Å². The predicted molar refractivity (Wildman–Crippen MR) is 98.4 cm³/mol. The second-order valence-corrected chi connectivity index (χ2v) is 6.40. The maximum Gasteiger partial charge on any atom is 0.434 e. The summed E-state index contributed by atoms with van der Waals surface area (Å²) >= 11 is 0.864. The fourth-order valence-electron chi connectivity index (χ4n) is 2.27. The summed E-state index contributed by atoms with van der Waals surface area (Å²) in [6.07, 6.45) is -4.50. The van der Waals surface area contributed by atoms with E-state index in [0.29, 0.717) is 5.56 Å². The number of thiazole rings is 1. The van der Waals surface area contributed by atoms with E-state index in [1.165, 1.54) is 13.1 Å². The lowest BCUT2D eigenvalue weighted by Gasteiger charge is -2.17. The van der Waals surface area contributed by atoms with Crippen molar-refractivity contribution in [3.8, 4) is 11.5 Å². The van der Waals surface area contributed by atoms with Crippen LogP contribution in [0.2, 0.25) is 0 Å². The van der Waals surface area contributed by atoms with Gasteiger partial charge in [0.1, 0.15) is 5.01 Å². The van der Waals surface area contributed by atoms with Gasteiger partial charge < -0.3 is 20.1 Å². The van der Waals surface area contributed by atoms with Crippen molar-refractivity contribution in [1.29, 1.82) is 0 Å². The normalized spacial score (nSPS) is 12.2. The maximum atomic E-state index is 12.8. The number of nitrogens with one attached hydrogen (secondary N) is 2. The number of hydrogen-bond donors (Lipinski definition) is 2. The maximum absolute atomic E-state index is 12.8. The Morgan fingerprint density at radius 2 is 1.97 bits per heavy atom. The molecule has 6 nitrogen and oxygen atoms in total. The zero-order chi connectivity index (χ0) is 21.4. The largest absolute Gasteiger partial charge is 0.490 e. The molecule has 0 bridgehead atoms. The van der Waals surface area contributed by atoms with Crippen LogP contribution in [0.1, 0.15) is 23.2 Å². The topological polar surface area (TPSA) is 67.8 Å². The SMILES string of the molecule is CCOc1cccc(CNC(=NC)NCc2nc(C(F)(F)F)cs2)c1OC(F)F. The second-order valence-electron chi connectivity index (χ2n) is 5.46. The average molecular weight is 438 g/mol. The number of aromatic nitrogens is 1. The van der Waals surface area contributed by atoms with E-state index in [-0.39, 0.29) is 42.2 Å². The minimum absolute atomic E-state index is 0.0137. The molecular weight excluding hydrogens is 419 g/mol. The second kappa shape index (κ2) is 10.2. The number of ether oxygens (including phenoxy) is 2. The number of halogens is 5. The molecule has 1 aromatic carbocycles. The van der Waals surface area contributed by atoms with Crippen molar-refractivity contribution in [3.63, 3.8) is 0 Å². The Morgan fingerprint density at radius 3 is 2.55 bits per heavy atom. The third kappa shape index (κ3) is 6.73. The molecule has 0 aliphatic rings. The van der Waals surface area contributed by atoms with Crippen molar-refractivity contribution in [1.82, 2.24) is 15.6 Å². The van der Waals surface area contributed by atoms with E-state index in [1.807, 2.05) is 0 Å². The summed E-state index contributed by atoms with van der Waals surface area (Å²) in [4.78, 5) is 7.47. The van der Waals surface area contributed by atoms with Gasteiger partial charge in [-0.15, -0.1) is 11.3 Å². The van der Waals surface area contributed by atoms with Crippen molar-refractivity contribution in [2.45, 2.75) is 32.8 Å². The van der Waals surface area contributed by atoms with Crippen LogP contribution in [0.15, 0.2) is 28.6 Å². The van der Waals surface area contributed by atoms with Crippen LogP contribution in [0.5, 0.6) is 11.5 Å². The van der Waals surface area contributed by atoms with Gasteiger partial charge in [0.2, 0.25) is 0 Å². The van der Waals surface area contributed by atoms with Crippen LogP contribution in [0.3, 0.4) is 0 Å². The average Bonchev–Trinajstić information content (AvgIpc) is 3.13. The fourth-order valence-corrected chi connectivity index (χ4v) is 3.01. The van der Waals surface area contributed by atoms with Crippen molar-refractivity contribution in [2.75, 3.05) is 13.7 Å². The Labute approximate surface area is 167 Å². The Balaban J connectivity index is 2.02. The van der Waals surface area contributed by atoms with Gasteiger partial charge in [-0.3, -0.25) is 4.99 Å². The number of hydrogen-bond acceptors (Lipinski definition) is 5. The Morgan fingerprint density at radius 1 is 1.24 bits per heavy atom. The number of benzene rings is 1. The molecule has 0 amide bonds. The van der Waals surface area contributed by atoms with Crippen LogP contribution in [-0.2, 0) is 19.3 Å². The summed E-state index contributed by atoms with van der Waals surface area (Å²) in [7, 11) is 1.46. The summed E-state index contributed by atoms with van der Waals surface area (Å²) in [5, 5.41) is 6.86. The highest BCUT2D eigenvalue weighted by molar-refractivity contribution is 7.09. The molecule has 2 rings (SSSR count). The van der Waals surface area contributed by atoms with Crippen LogP contribution in [0.4, 0.5) is 22.0 Å². The lowest BCUT2D eigenvalue weighted by molar-refractivity contribution is -0.140. The van der Waals surface area contributed by atoms with Crippen LogP contribution < -0.4 is 20.1 Å². The van der Waals surface area contributed by atoms with Gasteiger partial charge in [-0.2, -0.15) is 22.0 Å². The van der Waals surface area contributed by atoms with E-state index < -0.39 is 18.5 Å². The van der Waals surface area contributed by atoms with E-state index in [0.717, 1.165) is 16.7 Å². The molecule has 0 radical (unpaired) electrons. The molecular formula is C17H19F5N4O2S. The van der Waals surface area contributed by atoms with Crippen LogP contribution >= 0.6 is 11.3 Å². The lowest BCUT2D eigenvalue weighted by atomic mass is 10.2. The van der Waals surface area contributed by atoms with E-state index in [1.54, 1.807) is 19.1 Å². The number of nitrogens with zero attached hydrogens (tertiary/aromatic N) is 2. The molecule has 0 atom stereocenters. The van der Waals surface area contributed by atoms with Crippen molar-refractivity contribution in [3.05, 3.63) is 39.8 Å². The highest BCUT2D eigenvalue weighted by atomic mass is 32.1. The molecule has 0 unspecified atom stereocenters. The molecule has 0 saturated heterocycles. The van der Waals surface area contributed by atoms with Crippen LogP contribution in [0, 0.1) is 0 Å². The van der Waals surface area contributed by atoms with Crippen molar-refractivity contribution in [2.24, 2.45) is 4.99 Å². The van der Waals surface area contributed by atoms with Crippen molar-refractivity contribution < 1.29 is 31.4 Å². The first kappa shape index (κ1) is 22.7. The van der Waals surface area contributed by atoms with E-state index in [4.69, 9.17) is 4.74 Å². The number of alkyl halides is 5. The molecule has 29 heavy (non-hydrogen) atoms. The molecule has 160 valence electrons. The number of aliphatic imine (C=N–C) groups is 1. The van der Waals surface area contributed by atoms with E-state index in [2.05, 4.69) is 25.3 Å². The summed E-state index contributed by atoms with van der Waals surface area (Å²) in [6.45, 7) is -0.965. The van der Waals surface area contributed by atoms with Gasteiger partial charge in [-0.1, -0.05) is 12.1 Å². The van der Waals surface area contributed by atoms with Crippen LogP contribution in [-0.4, -0.2) is 31.2 Å². The quantitative estimate of drug-likeness (QED) is 0.370. The number of rotatable bonds is 8. The van der Waals surface area contributed by atoms with Crippen LogP contribution in [0.25, 0.3) is 0 Å². The van der Waals surface area contributed by atoms with Gasteiger partial charge >= 0.3 is 12.8 Å². The first-order chi connectivity index (χ1) is 13.7. The van der Waals surface area contributed by atoms with Gasteiger partial charge in [0.05, 0.1) is 13.2 Å². The molecule has 2 aromatic rings. The predicted octanol–water partition coefficient (Wildman–Crippen LogP) is 4.03. The van der Waals surface area contributed by atoms with Gasteiger partial charge in [-0.05, 0) is 13.0 Å². The van der Waals surface area contributed by atoms with Gasteiger partial charge in [-0.25, -0.2) is 4.98 Å². The standard InChI is InChI=1S/C17H19F5N4O2S/c1-3-27-11-6-4-5-10(14(11)28-15(18)19)7-24-16(23-2)25-8-13-26-12(9-29-13)17(20,21)22/h4-6,9,15H,3,7-8H2,1-2H3,(H2,23,24,25). The molecule has 2 N–H and O–H groups in total. The van der Waals surface area contributed by atoms with E-state index in [9.17, 15) is 22.0 Å². The van der Waals surface area contributed by atoms with Crippen molar-refractivity contribution >= 4 is 17.3 Å². The first-order valence-electron chi connectivity index (χ1n) is 8.40. The third-order valence-electron chi connectivity index (χ3n) is 3.49. The summed E-state index contributed by atoms with van der Waals surface area (Å²) in [6, 6.07) is 4.72. The van der Waals surface area contributed by atoms with Gasteiger partial charge in [0.15, 0.2) is 23.2 Å². The molecule has 12 heteroatoms. The summed E-state index contributed by atoms with van der Waals surface area (Å²) in [5.74, 6) is 0.332. The molecule has 0 fully saturated rings. The zero-order valence-electron chi connectivity index (χ0n) is 15.5. The minimum atomic E-state index is -4.50. The number of guanidine groups is 1. The first-order valence-corrected chi connectivity index (χ1v) is 9.28. The zero-order valence-corrected chi connectivity index (χ0v) is 16.3. The summed E-state index contributed by atoms with van der Waals surface area (Å²) in [5.41, 5.74) is -0.559. The third-order valence-corrected chi connectivity index (χ3v) is 4.34. The smallest absolute Gasteiger partial charge is 0.434 e. The summed E-state index contributed by atoms with van der Waals surface area (Å²) < 4.78 is 73.2. The molecule has 1 aromatic heterocycles.